The van der Waals surface area contributed by atoms with E-state index in [1.54, 1.807) is 0 Å². The van der Waals surface area contributed by atoms with Gasteiger partial charge in [-0.05, 0) is 59.4 Å². The number of amides is 1. The van der Waals surface area contributed by atoms with Crippen LogP contribution in [0.2, 0.25) is 0 Å². The van der Waals surface area contributed by atoms with Crippen molar-refractivity contribution in [2.24, 2.45) is 5.73 Å². The Kier molecular flexibility index (Phi) is 4.27. The van der Waals surface area contributed by atoms with Gasteiger partial charge in [-0.2, -0.15) is 0 Å². The summed E-state index contributed by atoms with van der Waals surface area (Å²) in [7, 11) is 0. The Morgan fingerprint density at radius 1 is 1.15 bits per heavy atom. The molecular weight excluding hydrogens is 320 g/mol. The van der Waals surface area contributed by atoms with Gasteiger partial charge >= 0.3 is 0 Å². The molecular formula is C23H28N2O. The number of benzene rings is 1. The third-order valence-electron chi connectivity index (χ3n) is 6.03. The van der Waals surface area contributed by atoms with Crippen molar-refractivity contribution in [1.29, 1.82) is 0 Å². The SMILES string of the molecule is C#CCn1c(-c2ccc3c(c2)C(C)(C)CCC3(C)C)cc(C(N)=O)c1C. The molecule has 0 aliphatic heterocycles. The molecule has 26 heavy (non-hydrogen) atoms. The zero-order valence-corrected chi connectivity index (χ0v) is 16.4. The summed E-state index contributed by atoms with van der Waals surface area (Å²) in [5.41, 5.74) is 12.1. The molecule has 0 unspecified atom stereocenters. The molecule has 3 nitrogen and oxygen atoms in total. The van der Waals surface area contributed by atoms with E-state index in [2.05, 4.69) is 51.8 Å². The first kappa shape index (κ1) is 18.3. The van der Waals surface area contributed by atoms with Crippen molar-refractivity contribution in [3.8, 4) is 23.6 Å². The fourth-order valence-corrected chi connectivity index (χ4v) is 4.18. The molecule has 0 radical (unpaired) electrons. The predicted molar refractivity (Wildman–Crippen MR) is 107 cm³/mol. The van der Waals surface area contributed by atoms with Crippen molar-refractivity contribution in [3.05, 3.63) is 46.6 Å². The van der Waals surface area contributed by atoms with Gasteiger partial charge in [-0.1, -0.05) is 45.7 Å². The minimum absolute atomic E-state index is 0.131. The second-order valence-electron chi connectivity index (χ2n) is 8.71. The van der Waals surface area contributed by atoms with Gasteiger partial charge in [0.25, 0.3) is 5.91 Å². The number of carbonyl (C=O) groups is 1. The zero-order valence-electron chi connectivity index (χ0n) is 16.4. The number of nitrogens with two attached hydrogens (primary N) is 1. The maximum Gasteiger partial charge on any atom is 0.250 e. The van der Waals surface area contributed by atoms with Gasteiger partial charge in [0.05, 0.1) is 12.1 Å². The standard InChI is InChI=1S/C23H28N2O/c1-7-12-25-15(2)17(21(24)26)14-20(25)16-8-9-18-19(13-16)23(5,6)11-10-22(18,3)4/h1,8-9,13-14H,10-12H2,2-6H3,(H2,24,26). The van der Waals surface area contributed by atoms with E-state index in [1.165, 1.54) is 17.5 Å². The summed E-state index contributed by atoms with van der Waals surface area (Å²) in [6, 6.07) is 8.55. The molecule has 0 fully saturated rings. The van der Waals surface area contributed by atoms with E-state index >= 15 is 0 Å². The number of primary amides is 1. The molecule has 3 rings (SSSR count). The fourth-order valence-electron chi connectivity index (χ4n) is 4.18. The Morgan fingerprint density at radius 3 is 2.35 bits per heavy atom. The average molecular weight is 348 g/mol. The molecule has 1 aliphatic carbocycles. The molecule has 0 saturated carbocycles. The molecule has 136 valence electrons. The first-order chi connectivity index (χ1) is 12.1. The van der Waals surface area contributed by atoms with E-state index in [4.69, 9.17) is 12.2 Å². The summed E-state index contributed by atoms with van der Waals surface area (Å²) in [5.74, 6) is 2.27. The predicted octanol–water partition coefficient (Wildman–Crippen LogP) is 4.54. The molecule has 0 atom stereocenters. The number of aromatic nitrogens is 1. The summed E-state index contributed by atoms with van der Waals surface area (Å²) in [6.45, 7) is 11.6. The molecule has 1 aromatic heterocycles. The fraction of sp³-hybridized carbons (Fsp3) is 0.435. The van der Waals surface area contributed by atoms with Crippen LogP contribution < -0.4 is 5.73 Å². The minimum Gasteiger partial charge on any atom is -0.366 e. The summed E-state index contributed by atoms with van der Waals surface area (Å²) < 4.78 is 2.00. The smallest absolute Gasteiger partial charge is 0.250 e. The highest BCUT2D eigenvalue weighted by Gasteiger charge is 2.37. The van der Waals surface area contributed by atoms with E-state index in [0.29, 0.717) is 12.1 Å². The van der Waals surface area contributed by atoms with Crippen LogP contribution in [0.3, 0.4) is 0 Å². The van der Waals surface area contributed by atoms with Crippen molar-refractivity contribution in [2.45, 2.75) is 64.8 Å². The van der Waals surface area contributed by atoms with E-state index < -0.39 is 5.91 Å². The molecule has 1 aromatic carbocycles. The number of nitrogens with zero attached hydrogens (tertiary/aromatic N) is 1. The van der Waals surface area contributed by atoms with Gasteiger partial charge in [0.1, 0.15) is 0 Å². The Morgan fingerprint density at radius 2 is 1.77 bits per heavy atom. The van der Waals surface area contributed by atoms with Gasteiger partial charge in [-0.25, -0.2) is 0 Å². The minimum atomic E-state index is -0.418. The van der Waals surface area contributed by atoms with Crippen LogP contribution >= 0.6 is 0 Å². The first-order valence-electron chi connectivity index (χ1n) is 9.17. The van der Waals surface area contributed by atoms with Gasteiger partial charge in [0.2, 0.25) is 0 Å². The molecule has 2 N–H and O–H groups in total. The van der Waals surface area contributed by atoms with Crippen LogP contribution in [-0.4, -0.2) is 10.5 Å². The molecule has 2 aromatic rings. The quantitative estimate of drug-likeness (QED) is 0.813. The van der Waals surface area contributed by atoms with Crippen LogP contribution in [0.25, 0.3) is 11.3 Å². The lowest BCUT2D eigenvalue weighted by atomic mass is 9.63. The van der Waals surface area contributed by atoms with Crippen LogP contribution in [0, 0.1) is 19.3 Å². The normalized spacial score (nSPS) is 17.4. The second-order valence-corrected chi connectivity index (χ2v) is 8.71. The monoisotopic (exact) mass is 348 g/mol. The third kappa shape index (κ3) is 2.84. The highest BCUT2D eigenvalue weighted by atomic mass is 16.1. The molecule has 1 aliphatic rings. The molecule has 0 saturated heterocycles. The maximum absolute atomic E-state index is 11.8. The highest BCUT2D eigenvalue weighted by Crippen LogP contribution is 2.46. The van der Waals surface area contributed by atoms with E-state index in [0.717, 1.165) is 23.4 Å². The van der Waals surface area contributed by atoms with Crippen molar-refractivity contribution >= 4 is 5.91 Å². The summed E-state index contributed by atoms with van der Waals surface area (Å²) in [6.07, 6.45) is 7.91. The van der Waals surface area contributed by atoms with Gasteiger partial charge in [-0.3, -0.25) is 4.79 Å². The van der Waals surface area contributed by atoms with Crippen molar-refractivity contribution in [1.82, 2.24) is 4.57 Å². The molecule has 0 bridgehead atoms. The summed E-state index contributed by atoms with van der Waals surface area (Å²) >= 11 is 0. The van der Waals surface area contributed by atoms with Gasteiger partial charge in [0.15, 0.2) is 0 Å². The van der Waals surface area contributed by atoms with Crippen LogP contribution in [0.4, 0.5) is 0 Å². The number of terminal acetylenes is 1. The Labute approximate surface area is 156 Å². The number of fused-ring (bicyclic) bond motifs is 1. The average Bonchev–Trinajstić information content (AvgIpc) is 2.89. The molecule has 0 spiro atoms. The third-order valence-corrected chi connectivity index (χ3v) is 6.03. The Hall–Kier alpha value is -2.47. The van der Waals surface area contributed by atoms with E-state index in [1.807, 2.05) is 17.6 Å². The van der Waals surface area contributed by atoms with Crippen LogP contribution in [-0.2, 0) is 17.4 Å². The van der Waals surface area contributed by atoms with Crippen LogP contribution in [0.5, 0.6) is 0 Å². The van der Waals surface area contributed by atoms with Crippen LogP contribution in [0.15, 0.2) is 24.3 Å². The van der Waals surface area contributed by atoms with Crippen LogP contribution in [0.1, 0.15) is 67.7 Å². The van der Waals surface area contributed by atoms with Gasteiger partial charge in [0, 0.05) is 11.4 Å². The second kappa shape index (κ2) is 6.06. The zero-order chi connectivity index (χ0) is 19.3. The maximum atomic E-state index is 11.8. The van der Waals surface area contributed by atoms with Crippen molar-refractivity contribution in [2.75, 3.05) is 0 Å². The lowest BCUT2D eigenvalue weighted by Crippen LogP contribution is -2.33. The number of carbonyl (C=O) groups excluding carboxylic acids is 1. The topological polar surface area (TPSA) is 48.0 Å². The molecule has 1 amide bonds. The number of rotatable bonds is 3. The summed E-state index contributed by atoms with van der Waals surface area (Å²) in [5, 5.41) is 0. The molecule has 1 heterocycles. The highest BCUT2D eigenvalue weighted by molar-refractivity contribution is 5.95. The number of hydrogen-bond acceptors (Lipinski definition) is 1. The largest absolute Gasteiger partial charge is 0.366 e. The lowest BCUT2D eigenvalue weighted by molar-refractivity contribution is 0.0999. The number of hydrogen-bond donors (Lipinski definition) is 1. The molecule has 3 heteroatoms. The Bertz CT molecular complexity index is 922. The van der Waals surface area contributed by atoms with E-state index in [-0.39, 0.29) is 10.8 Å². The summed E-state index contributed by atoms with van der Waals surface area (Å²) in [4.78, 5) is 11.8. The lowest BCUT2D eigenvalue weighted by Gasteiger charge is -2.42. The van der Waals surface area contributed by atoms with E-state index in [9.17, 15) is 4.79 Å². The van der Waals surface area contributed by atoms with Gasteiger partial charge in [-0.15, -0.1) is 6.42 Å². The first-order valence-corrected chi connectivity index (χ1v) is 9.17. The van der Waals surface area contributed by atoms with Crippen molar-refractivity contribution < 1.29 is 4.79 Å². The van der Waals surface area contributed by atoms with Gasteiger partial charge < -0.3 is 10.3 Å². The Balaban J connectivity index is 2.23. The van der Waals surface area contributed by atoms with Crippen molar-refractivity contribution in [3.63, 3.8) is 0 Å².